The van der Waals surface area contributed by atoms with E-state index in [1.165, 1.54) is 65.8 Å². The summed E-state index contributed by atoms with van der Waals surface area (Å²) < 4.78 is 6.37. The fourth-order valence-electron chi connectivity index (χ4n) is 7.35. The van der Waals surface area contributed by atoms with Gasteiger partial charge in [0.1, 0.15) is 11.5 Å². The molecule has 8 rings (SSSR count). The van der Waals surface area contributed by atoms with Gasteiger partial charge in [0.15, 0.2) is 0 Å². The van der Waals surface area contributed by atoms with Gasteiger partial charge in [0.2, 0.25) is 6.71 Å². The second-order valence-electron chi connectivity index (χ2n) is 15.4. The third kappa shape index (κ3) is 5.30. The molecule has 0 atom stereocenters. The summed E-state index contributed by atoms with van der Waals surface area (Å²) in [5.74, 6) is 1.84. The Kier molecular flexibility index (Phi) is 7.11. The Bertz CT molecular complexity index is 2240. The van der Waals surface area contributed by atoms with Crippen molar-refractivity contribution in [1.29, 1.82) is 0 Å². The Labute approximate surface area is 285 Å². The minimum Gasteiger partial charge on any atom is -0.456 e. The molecule has 0 unspecified atom stereocenters. The molecule has 0 bridgehead atoms. The van der Waals surface area contributed by atoms with Crippen LogP contribution in [0.5, 0.6) is 11.5 Å². The summed E-state index contributed by atoms with van der Waals surface area (Å²) in [6.07, 6.45) is 0. The third-order valence-electron chi connectivity index (χ3n) is 10.1. The maximum atomic E-state index is 6.37. The molecule has 1 aliphatic heterocycles. The SMILES string of the molecule is CC(C)(C)c1ccc(B(c2ccc(-c3ccc4cc5c6c(cccc6c4c3)Oc3ccccc3-5)cc2)c2ccc(C(C)(C)C)cc2)cc1. The van der Waals surface area contributed by atoms with Gasteiger partial charge in [0, 0.05) is 10.9 Å². The standard InChI is InChI=1S/C46H41BO/c1-45(2,3)33-18-24-36(25-19-33)47(37-26-20-34(21-27-37)46(4,5)6)35-22-16-30(17-23-35)31-14-15-32-29-41-38-10-7-8-12-42(38)48-43-13-9-11-39(44(41)43)40(32)28-31/h7-29H,1-6H3. The second kappa shape index (κ2) is 11.3. The van der Waals surface area contributed by atoms with Crippen LogP contribution in [0.4, 0.5) is 0 Å². The monoisotopic (exact) mass is 620 g/mol. The molecule has 0 aromatic heterocycles. The lowest BCUT2D eigenvalue weighted by Crippen LogP contribution is -2.52. The van der Waals surface area contributed by atoms with E-state index in [9.17, 15) is 0 Å². The first-order chi connectivity index (χ1) is 23.0. The lowest BCUT2D eigenvalue weighted by Gasteiger charge is -2.23. The molecule has 0 spiro atoms. The number of benzene rings is 7. The van der Waals surface area contributed by atoms with Crippen LogP contribution < -0.4 is 21.1 Å². The quantitative estimate of drug-likeness (QED) is 0.141. The van der Waals surface area contributed by atoms with Crippen LogP contribution in [0.1, 0.15) is 52.7 Å². The molecule has 0 N–H and O–H groups in total. The molecule has 1 aliphatic rings. The predicted molar refractivity (Wildman–Crippen MR) is 207 cm³/mol. The Morgan fingerprint density at radius 2 is 0.979 bits per heavy atom. The number of para-hydroxylation sites is 1. The highest BCUT2D eigenvalue weighted by atomic mass is 16.5. The number of rotatable bonds is 4. The third-order valence-corrected chi connectivity index (χ3v) is 10.1. The van der Waals surface area contributed by atoms with Gasteiger partial charge < -0.3 is 4.74 Å². The van der Waals surface area contributed by atoms with Crippen molar-refractivity contribution in [3.05, 3.63) is 151 Å². The molecule has 0 aliphatic carbocycles. The first-order valence-electron chi connectivity index (χ1n) is 17.1. The number of hydrogen-bond donors (Lipinski definition) is 0. The molecule has 1 heterocycles. The summed E-state index contributed by atoms with van der Waals surface area (Å²) in [6.45, 7) is 13.8. The Hall–Kier alpha value is -5.08. The molecule has 0 saturated heterocycles. The summed E-state index contributed by atoms with van der Waals surface area (Å²) in [4.78, 5) is 0. The molecule has 234 valence electrons. The first-order valence-corrected chi connectivity index (χ1v) is 17.1. The van der Waals surface area contributed by atoms with Crippen LogP contribution in [0.15, 0.2) is 140 Å². The largest absolute Gasteiger partial charge is 0.456 e. The molecule has 0 amide bonds. The van der Waals surface area contributed by atoms with Gasteiger partial charge in [-0.25, -0.2) is 0 Å². The van der Waals surface area contributed by atoms with Crippen molar-refractivity contribution in [3.8, 4) is 33.8 Å². The average molecular weight is 621 g/mol. The van der Waals surface area contributed by atoms with E-state index in [1.54, 1.807) is 0 Å². The van der Waals surface area contributed by atoms with Crippen molar-refractivity contribution < 1.29 is 4.74 Å². The molecule has 0 fully saturated rings. The van der Waals surface area contributed by atoms with Gasteiger partial charge in [-0.3, -0.25) is 0 Å². The summed E-state index contributed by atoms with van der Waals surface area (Å²) in [6, 6.07) is 51.7. The van der Waals surface area contributed by atoms with E-state index in [0.29, 0.717) is 0 Å². The second-order valence-corrected chi connectivity index (χ2v) is 15.4. The lowest BCUT2D eigenvalue weighted by atomic mass is 9.36. The van der Waals surface area contributed by atoms with Gasteiger partial charge in [-0.05, 0) is 79.1 Å². The van der Waals surface area contributed by atoms with E-state index in [0.717, 1.165) is 17.1 Å². The van der Waals surface area contributed by atoms with E-state index < -0.39 is 0 Å². The highest BCUT2D eigenvalue weighted by Crippen LogP contribution is 2.48. The van der Waals surface area contributed by atoms with Gasteiger partial charge in [-0.2, -0.15) is 0 Å². The first kappa shape index (κ1) is 30.3. The maximum Gasteiger partial charge on any atom is 0.241 e. The smallest absolute Gasteiger partial charge is 0.241 e. The van der Waals surface area contributed by atoms with Gasteiger partial charge in [-0.1, -0.05) is 173 Å². The Morgan fingerprint density at radius 1 is 0.438 bits per heavy atom. The molecule has 0 saturated carbocycles. The van der Waals surface area contributed by atoms with Crippen molar-refractivity contribution in [2.45, 2.75) is 52.4 Å². The maximum absolute atomic E-state index is 6.37. The molecule has 48 heavy (non-hydrogen) atoms. The van der Waals surface area contributed by atoms with Crippen LogP contribution in [0, 0.1) is 0 Å². The molecular formula is C46H41BO. The normalized spacial score (nSPS) is 12.5. The summed E-state index contributed by atoms with van der Waals surface area (Å²) >= 11 is 0. The minimum absolute atomic E-state index is 0.118. The van der Waals surface area contributed by atoms with E-state index >= 15 is 0 Å². The highest BCUT2D eigenvalue weighted by molar-refractivity contribution is 6.95. The minimum atomic E-state index is 0.118. The van der Waals surface area contributed by atoms with Crippen LogP contribution in [0.25, 0.3) is 43.8 Å². The van der Waals surface area contributed by atoms with Gasteiger partial charge >= 0.3 is 0 Å². The zero-order valence-electron chi connectivity index (χ0n) is 28.8. The van der Waals surface area contributed by atoms with Crippen LogP contribution in [-0.4, -0.2) is 6.71 Å². The van der Waals surface area contributed by atoms with E-state index in [4.69, 9.17) is 4.74 Å². The van der Waals surface area contributed by atoms with Crippen LogP contribution in [0.2, 0.25) is 0 Å². The zero-order chi connectivity index (χ0) is 33.2. The average Bonchev–Trinajstić information content (AvgIpc) is 3.08. The van der Waals surface area contributed by atoms with Crippen molar-refractivity contribution >= 4 is 44.6 Å². The van der Waals surface area contributed by atoms with Crippen molar-refractivity contribution in [2.24, 2.45) is 0 Å². The van der Waals surface area contributed by atoms with E-state index in [-0.39, 0.29) is 17.5 Å². The number of ether oxygens (including phenoxy) is 1. The number of fused-ring (bicyclic) bond motifs is 4. The molecule has 1 nitrogen and oxygen atoms in total. The van der Waals surface area contributed by atoms with Crippen molar-refractivity contribution in [2.75, 3.05) is 0 Å². The molecule has 7 aromatic carbocycles. The van der Waals surface area contributed by atoms with Crippen LogP contribution >= 0.6 is 0 Å². The zero-order valence-corrected chi connectivity index (χ0v) is 28.8. The predicted octanol–water partition coefficient (Wildman–Crippen LogP) is 10.5. The molecular weight excluding hydrogens is 579 g/mol. The van der Waals surface area contributed by atoms with Crippen LogP contribution in [-0.2, 0) is 10.8 Å². The van der Waals surface area contributed by atoms with Crippen molar-refractivity contribution in [1.82, 2.24) is 0 Å². The van der Waals surface area contributed by atoms with E-state index in [2.05, 4.69) is 175 Å². The summed E-state index contributed by atoms with van der Waals surface area (Å²) in [5, 5.41) is 4.90. The Balaban J connectivity index is 1.20. The van der Waals surface area contributed by atoms with E-state index in [1.807, 2.05) is 6.07 Å². The summed E-state index contributed by atoms with van der Waals surface area (Å²) in [5.41, 5.74) is 11.7. The Morgan fingerprint density at radius 3 is 1.58 bits per heavy atom. The topological polar surface area (TPSA) is 9.23 Å². The van der Waals surface area contributed by atoms with Gasteiger partial charge in [0.05, 0.1) is 0 Å². The number of hydrogen-bond acceptors (Lipinski definition) is 1. The molecule has 0 radical (unpaired) electrons. The molecule has 7 aromatic rings. The fraction of sp³-hybridized carbons (Fsp3) is 0.174. The summed E-state index contributed by atoms with van der Waals surface area (Å²) in [7, 11) is 0. The highest BCUT2D eigenvalue weighted by Gasteiger charge is 2.25. The fourth-order valence-corrected chi connectivity index (χ4v) is 7.35. The van der Waals surface area contributed by atoms with Gasteiger partial charge in [0.25, 0.3) is 0 Å². The van der Waals surface area contributed by atoms with Crippen molar-refractivity contribution in [3.63, 3.8) is 0 Å². The molecule has 2 heteroatoms. The van der Waals surface area contributed by atoms with Crippen LogP contribution in [0.3, 0.4) is 0 Å². The van der Waals surface area contributed by atoms with Gasteiger partial charge in [-0.15, -0.1) is 0 Å². The lowest BCUT2D eigenvalue weighted by molar-refractivity contribution is 0.487.